The zero-order valence-electron chi connectivity index (χ0n) is 16.0. The van der Waals surface area contributed by atoms with Gasteiger partial charge in [0.15, 0.2) is 0 Å². The van der Waals surface area contributed by atoms with Crippen molar-refractivity contribution in [3.63, 3.8) is 0 Å². The number of hydrogen-bond donors (Lipinski definition) is 1. The molecule has 0 aromatic carbocycles. The number of aromatic nitrogens is 4. The summed E-state index contributed by atoms with van der Waals surface area (Å²) in [5.41, 5.74) is 3.98. The van der Waals surface area contributed by atoms with Crippen LogP contribution in [-0.4, -0.2) is 30.9 Å². The summed E-state index contributed by atoms with van der Waals surface area (Å²) in [7, 11) is 1.88. The van der Waals surface area contributed by atoms with Gasteiger partial charge in [-0.25, -0.2) is 9.97 Å². The van der Waals surface area contributed by atoms with Crippen LogP contribution in [-0.2, 0) is 24.7 Å². The van der Waals surface area contributed by atoms with E-state index in [9.17, 15) is 4.79 Å². The summed E-state index contributed by atoms with van der Waals surface area (Å²) >= 11 is 3.30. The van der Waals surface area contributed by atoms with Gasteiger partial charge < -0.3 is 5.32 Å². The minimum absolute atomic E-state index is 0.0324. The molecule has 3 heterocycles. The molecule has 0 spiro atoms. The molecule has 0 fully saturated rings. The third-order valence-corrected chi connectivity index (χ3v) is 7.43. The zero-order valence-corrected chi connectivity index (χ0v) is 17.6. The van der Waals surface area contributed by atoms with Gasteiger partial charge in [-0.2, -0.15) is 5.10 Å². The Morgan fingerprint density at radius 1 is 1.30 bits per heavy atom. The molecule has 0 unspecified atom stereocenters. The van der Waals surface area contributed by atoms with Crippen LogP contribution in [0.3, 0.4) is 0 Å². The maximum absolute atomic E-state index is 12.8. The molecule has 1 N–H and O–H groups in total. The quantitative estimate of drug-likeness (QED) is 0.528. The first kappa shape index (κ1) is 18.4. The molecule has 6 nitrogen and oxygen atoms in total. The highest BCUT2D eigenvalue weighted by Crippen LogP contribution is 2.40. The molecule has 0 bridgehead atoms. The molecule has 1 amide bonds. The minimum atomic E-state index is -0.263. The maximum Gasteiger partial charge on any atom is 0.237 e. The van der Waals surface area contributed by atoms with Crippen molar-refractivity contribution >= 4 is 44.9 Å². The Hall–Kier alpha value is -1.93. The van der Waals surface area contributed by atoms with Crippen molar-refractivity contribution in [2.45, 2.75) is 56.7 Å². The van der Waals surface area contributed by atoms with Crippen molar-refractivity contribution in [1.82, 2.24) is 19.7 Å². The summed E-state index contributed by atoms with van der Waals surface area (Å²) in [5, 5.41) is 9.22. The molecule has 0 saturated carbocycles. The molecule has 142 valence electrons. The highest BCUT2D eigenvalue weighted by atomic mass is 32.2. The number of hydrogen-bond acceptors (Lipinski definition) is 6. The number of thiophene rings is 1. The molecular weight excluding hydrogens is 378 g/mol. The van der Waals surface area contributed by atoms with E-state index in [0.29, 0.717) is 0 Å². The van der Waals surface area contributed by atoms with Crippen LogP contribution in [0.2, 0.25) is 0 Å². The molecule has 1 aliphatic rings. The van der Waals surface area contributed by atoms with Gasteiger partial charge in [0.2, 0.25) is 5.91 Å². The highest BCUT2D eigenvalue weighted by Gasteiger charge is 2.24. The molecule has 3 aromatic heterocycles. The van der Waals surface area contributed by atoms with Crippen LogP contribution in [0, 0.1) is 13.8 Å². The molecule has 1 aliphatic carbocycles. The molecule has 1 atom stereocenters. The Bertz CT molecular complexity index is 1020. The first-order valence-corrected chi connectivity index (χ1v) is 10.9. The number of anilines is 1. The van der Waals surface area contributed by atoms with Crippen LogP contribution in [0.1, 0.15) is 41.6 Å². The van der Waals surface area contributed by atoms with Crippen LogP contribution in [0.25, 0.3) is 10.2 Å². The second-order valence-corrected chi connectivity index (χ2v) is 9.40. The number of thioether (sulfide) groups is 1. The Labute approximate surface area is 166 Å². The normalized spacial score (nSPS) is 15.0. The molecule has 8 heteroatoms. The van der Waals surface area contributed by atoms with E-state index in [1.54, 1.807) is 22.3 Å². The van der Waals surface area contributed by atoms with E-state index in [1.807, 2.05) is 27.8 Å². The molecular formula is C19H23N5OS2. The number of amides is 1. The molecule has 0 saturated heterocycles. The zero-order chi connectivity index (χ0) is 19.1. The van der Waals surface area contributed by atoms with E-state index >= 15 is 0 Å². The predicted octanol–water partition coefficient (Wildman–Crippen LogP) is 4.04. The van der Waals surface area contributed by atoms with Gasteiger partial charge in [-0.05, 0) is 52.0 Å². The summed E-state index contributed by atoms with van der Waals surface area (Å²) in [4.78, 5) is 24.3. The lowest BCUT2D eigenvalue weighted by Crippen LogP contribution is -2.23. The SMILES string of the molecule is Cc1nn(C)c(C)c1NC(=O)[C@H](C)Sc1ncnc2sc3c(c12)CCCC3. The average molecular weight is 402 g/mol. The second-order valence-electron chi connectivity index (χ2n) is 6.99. The first-order valence-electron chi connectivity index (χ1n) is 9.18. The van der Waals surface area contributed by atoms with Crippen molar-refractivity contribution in [3.05, 3.63) is 28.2 Å². The lowest BCUT2D eigenvalue weighted by atomic mass is 9.97. The second kappa shape index (κ2) is 7.24. The predicted molar refractivity (Wildman–Crippen MR) is 111 cm³/mol. The smallest absolute Gasteiger partial charge is 0.237 e. The van der Waals surface area contributed by atoms with Crippen molar-refractivity contribution in [3.8, 4) is 0 Å². The molecule has 4 rings (SSSR count). The Kier molecular flexibility index (Phi) is 4.94. The van der Waals surface area contributed by atoms with Gasteiger partial charge in [0.1, 0.15) is 16.2 Å². The van der Waals surface area contributed by atoms with Gasteiger partial charge in [0, 0.05) is 17.3 Å². The Balaban J connectivity index is 1.58. The van der Waals surface area contributed by atoms with Gasteiger partial charge in [-0.1, -0.05) is 11.8 Å². The first-order chi connectivity index (χ1) is 13.0. The van der Waals surface area contributed by atoms with E-state index in [1.165, 1.54) is 35.0 Å². The number of carbonyl (C=O) groups is 1. The summed E-state index contributed by atoms with van der Waals surface area (Å²) in [6.07, 6.45) is 6.30. The van der Waals surface area contributed by atoms with Crippen LogP contribution in [0.5, 0.6) is 0 Å². The van der Waals surface area contributed by atoms with Gasteiger partial charge in [0.05, 0.1) is 22.3 Å². The van der Waals surface area contributed by atoms with E-state index in [2.05, 4.69) is 20.4 Å². The third kappa shape index (κ3) is 3.36. The Morgan fingerprint density at radius 2 is 2.07 bits per heavy atom. The van der Waals surface area contributed by atoms with Crippen LogP contribution in [0.4, 0.5) is 5.69 Å². The molecule has 0 aliphatic heterocycles. The topological polar surface area (TPSA) is 72.7 Å². The number of rotatable bonds is 4. The van der Waals surface area contributed by atoms with Crippen molar-refractivity contribution in [1.29, 1.82) is 0 Å². The van der Waals surface area contributed by atoms with Gasteiger partial charge in [0.25, 0.3) is 0 Å². The number of nitrogens with zero attached hydrogens (tertiary/aromatic N) is 4. The van der Waals surface area contributed by atoms with Gasteiger partial charge in [-0.15, -0.1) is 11.3 Å². The van der Waals surface area contributed by atoms with Crippen LogP contribution < -0.4 is 5.32 Å². The number of aryl methyl sites for hydroxylation is 4. The standard InChI is InChI=1S/C19H23N5OS2/c1-10-16(11(2)24(4)23-10)22-17(25)12(3)26-18-15-13-7-5-6-8-14(13)27-19(15)21-9-20-18/h9,12H,5-8H2,1-4H3,(H,22,25)/t12-/m0/s1. The number of fused-ring (bicyclic) bond motifs is 3. The lowest BCUT2D eigenvalue weighted by Gasteiger charge is -2.14. The van der Waals surface area contributed by atoms with E-state index in [0.717, 1.165) is 45.2 Å². The molecule has 27 heavy (non-hydrogen) atoms. The fourth-order valence-electron chi connectivity index (χ4n) is 3.55. The van der Waals surface area contributed by atoms with Crippen molar-refractivity contribution in [2.75, 3.05) is 5.32 Å². The van der Waals surface area contributed by atoms with Crippen LogP contribution >= 0.6 is 23.1 Å². The summed E-state index contributed by atoms with van der Waals surface area (Å²) in [6.45, 7) is 5.79. The monoisotopic (exact) mass is 401 g/mol. The van der Waals surface area contributed by atoms with E-state index in [4.69, 9.17) is 0 Å². The minimum Gasteiger partial charge on any atom is -0.322 e. The van der Waals surface area contributed by atoms with E-state index in [-0.39, 0.29) is 11.2 Å². The van der Waals surface area contributed by atoms with Crippen molar-refractivity contribution in [2.24, 2.45) is 7.05 Å². The molecule has 3 aromatic rings. The maximum atomic E-state index is 12.8. The fourth-order valence-corrected chi connectivity index (χ4v) is 5.79. The van der Waals surface area contributed by atoms with Gasteiger partial charge >= 0.3 is 0 Å². The Morgan fingerprint density at radius 3 is 2.81 bits per heavy atom. The third-order valence-electron chi connectivity index (χ3n) is 5.13. The van der Waals surface area contributed by atoms with Crippen LogP contribution in [0.15, 0.2) is 11.4 Å². The number of carbonyl (C=O) groups excluding carboxylic acids is 1. The highest BCUT2D eigenvalue weighted by molar-refractivity contribution is 8.00. The lowest BCUT2D eigenvalue weighted by molar-refractivity contribution is -0.115. The summed E-state index contributed by atoms with van der Waals surface area (Å²) in [5.74, 6) is -0.0324. The fraction of sp³-hybridized carbons (Fsp3) is 0.474. The van der Waals surface area contributed by atoms with E-state index < -0.39 is 0 Å². The van der Waals surface area contributed by atoms with Gasteiger partial charge in [-0.3, -0.25) is 9.48 Å². The number of nitrogens with one attached hydrogen (secondary N) is 1. The summed E-state index contributed by atoms with van der Waals surface area (Å²) < 4.78 is 1.79. The largest absolute Gasteiger partial charge is 0.322 e. The summed E-state index contributed by atoms with van der Waals surface area (Å²) in [6, 6.07) is 0. The average Bonchev–Trinajstić information content (AvgIpc) is 3.14. The molecule has 0 radical (unpaired) electrons. The van der Waals surface area contributed by atoms with Crippen molar-refractivity contribution < 1.29 is 4.79 Å².